The normalized spacial score (nSPS) is 10.9. The Labute approximate surface area is 146 Å². The molecule has 0 radical (unpaired) electrons. The van der Waals surface area contributed by atoms with Crippen LogP contribution in [-0.2, 0) is 13.0 Å². The summed E-state index contributed by atoms with van der Waals surface area (Å²) in [5.74, 6) is 1.63. The molecule has 0 amide bonds. The fourth-order valence-electron chi connectivity index (χ4n) is 3.10. The number of aryl methyl sites for hydroxylation is 3. The molecule has 5 heteroatoms. The van der Waals surface area contributed by atoms with Crippen molar-refractivity contribution in [1.82, 2.24) is 9.72 Å². The molecule has 0 unspecified atom stereocenters. The second kappa shape index (κ2) is 6.97. The third-order valence-electron chi connectivity index (χ3n) is 4.38. The first-order valence-corrected chi connectivity index (χ1v) is 8.33. The van der Waals surface area contributed by atoms with E-state index < -0.39 is 0 Å². The predicted molar refractivity (Wildman–Crippen MR) is 97.1 cm³/mol. The minimum atomic E-state index is -0.0376. The van der Waals surface area contributed by atoms with Gasteiger partial charge in [-0.3, -0.25) is 4.79 Å². The van der Waals surface area contributed by atoms with Gasteiger partial charge in [-0.15, -0.1) is 0 Å². The maximum absolute atomic E-state index is 12.3. The highest BCUT2D eigenvalue weighted by molar-refractivity contribution is 5.66. The van der Waals surface area contributed by atoms with E-state index in [9.17, 15) is 4.79 Å². The van der Waals surface area contributed by atoms with E-state index in [-0.39, 0.29) is 5.56 Å². The molecule has 0 N–H and O–H groups in total. The first-order chi connectivity index (χ1) is 12.0. The van der Waals surface area contributed by atoms with E-state index in [1.165, 1.54) is 0 Å². The molecule has 2 aromatic heterocycles. The first kappa shape index (κ1) is 17.0. The third kappa shape index (κ3) is 3.36. The predicted octanol–water partition coefficient (Wildman–Crippen LogP) is 3.74. The van der Waals surface area contributed by atoms with Gasteiger partial charge < -0.3 is 13.8 Å². The van der Waals surface area contributed by atoms with Gasteiger partial charge in [0.1, 0.15) is 11.5 Å². The summed E-state index contributed by atoms with van der Waals surface area (Å²) < 4.78 is 12.3. The maximum atomic E-state index is 12.3. The number of rotatable bonds is 5. The van der Waals surface area contributed by atoms with Gasteiger partial charge >= 0.3 is 0 Å². The molecule has 5 nitrogen and oxygen atoms in total. The molecule has 3 aromatic rings. The van der Waals surface area contributed by atoms with Crippen molar-refractivity contribution in [2.45, 2.75) is 33.7 Å². The zero-order valence-electron chi connectivity index (χ0n) is 15.0. The molecular weight excluding hydrogens is 316 g/mol. The van der Waals surface area contributed by atoms with Gasteiger partial charge in [-0.2, -0.15) is 0 Å². The van der Waals surface area contributed by atoms with Crippen LogP contribution in [0, 0.1) is 13.8 Å². The quantitative estimate of drug-likeness (QED) is 0.711. The van der Waals surface area contributed by atoms with Crippen LogP contribution in [0.3, 0.4) is 0 Å². The van der Waals surface area contributed by atoms with Crippen LogP contribution in [0.2, 0.25) is 0 Å². The molecule has 0 saturated heterocycles. The molecule has 0 aliphatic rings. The highest BCUT2D eigenvalue weighted by Crippen LogP contribution is 2.26. The number of pyridine rings is 1. The third-order valence-corrected chi connectivity index (χ3v) is 4.38. The topological polar surface area (TPSA) is 57.3 Å². The molecule has 130 valence electrons. The molecule has 0 bridgehead atoms. The molecule has 0 atom stereocenters. The zero-order chi connectivity index (χ0) is 18.0. The Morgan fingerprint density at radius 2 is 2.00 bits per heavy atom. The maximum Gasteiger partial charge on any atom is 0.250 e. The van der Waals surface area contributed by atoms with Crippen LogP contribution in [0.5, 0.6) is 5.75 Å². The van der Waals surface area contributed by atoms with Crippen LogP contribution in [0.15, 0.2) is 45.8 Å². The number of hydrogen-bond acceptors (Lipinski definition) is 4. The minimum Gasteiger partial charge on any atom is -0.496 e. The Kier molecular flexibility index (Phi) is 4.74. The lowest BCUT2D eigenvalue weighted by Gasteiger charge is -2.12. The highest BCUT2D eigenvalue weighted by Gasteiger charge is 2.13. The summed E-state index contributed by atoms with van der Waals surface area (Å²) in [6.45, 7) is 6.37. The highest BCUT2D eigenvalue weighted by atomic mass is 16.5. The molecule has 0 aliphatic carbocycles. The van der Waals surface area contributed by atoms with Crippen molar-refractivity contribution in [3.63, 3.8) is 0 Å². The second-order valence-corrected chi connectivity index (χ2v) is 6.08. The van der Waals surface area contributed by atoms with Crippen LogP contribution in [-0.4, -0.2) is 16.8 Å². The SMILES string of the molecule is CCc1cc(Cn2cc(-c3c(C)noc3C)ccc2=O)ccc1OC. The minimum absolute atomic E-state index is 0.0376. The van der Waals surface area contributed by atoms with Gasteiger partial charge in [0.25, 0.3) is 5.56 Å². The van der Waals surface area contributed by atoms with E-state index in [2.05, 4.69) is 18.1 Å². The Morgan fingerprint density at radius 3 is 2.64 bits per heavy atom. The molecular formula is C20H22N2O3. The van der Waals surface area contributed by atoms with Gasteiger partial charge in [-0.25, -0.2) is 0 Å². The van der Waals surface area contributed by atoms with Crippen LogP contribution < -0.4 is 10.3 Å². The smallest absolute Gasteiger partial charge is 0.250 e. The zero-order valence-corrected chi connectivity index (χ0v) is 15.0. The van der Waals surface area contributed by atoms with E-state index >= 15 is 0 Å². The van der Waals surface area contributed by atoms with E-state index in [1.807, 2.05) is 38.2 Å². The molecule has 0 saturated carbocycles. The van der Waals surface area contributed by atoms with Crippen molar-refractivity contribution in [3.8, 4) is 16.9 Å². The fourth-order valence-corrected chi connectivity index (χ4v) is 3.10. The number of benzene rings is 1. The number of ether oxygens (including phenoxy) is 1. The lowest BCUT2D eigenvalue weighted by Crippen LogP contribution is -2.19. The summed E-state index contributed by atoms with van der Waals surface area (Å²) in [5.41, 5.74) is 4.85. The largest absolute Gasteiger partial charge is 0.496 e. The van der Waals surface area contributed by atoms with E-state index in [1.54, 1.807) is 17.7 Å². The van der Waals surface area contributed by atoms with Crippen molar-refractivity contribution < 1.29 is 9.26 Å². The van der Waals surface area contributed by atoms with Gasteiger partial charge in [0.05, 0.1) is 19.3 Å². The number of aromatic nitrogens is 2. The molecule has 0 aliphatic heterocycles. The van der Waals surface area contributed by atoms with Crippen molar-refractivity contribution in [1.29, 1.82) is 0 Å². The Hall–Kier alpha value is -2.82. The number of nitrogens with zero attached hydrogens (tertiary/aromatic N) is 2. The van der Waals surface area contributed by atoms with E-state index in [4.69, 9.17) is 9.26 Å². The van der Waals surface area contributed by atoms with Gasteiger partial charge in [-0.1, -0.05) is 24.2 Å². The standard InChI is InChI=1S/C20H22N2O3/c1-5-16-10-15(6-8-18(16)24-4)11-22-12-17(7-9-19(22)23)20-13(2)21-25-14(20)3/h6-10,12H,5,11H2,1-4H3. The van der Waals surface area contributed by atoms with Crippen molar-refractivity contribution in [3.05, 3.63) is 69.5 Å². The first-order valence-electron chi connectivity index (χ1n) is 8.33. The molecule has 25 heavy (non-hydrogen) atoms. The Balaban J connectivity index is 1.98. The van der Waals surface area contributed by atoms with Crippen molar-refractivity contribution in [2.24, 2.45) is 0 Å². The molecule has 0 spiro atoms. The van der Waals surface area contributed by atoms with Gasteiger partial charge in [0, 0.05) is 23.4 Å². The molecule has 1 aromatic carbocycles. The van der Waals surface area contributed by atoms with E-state index in [0.29, 0.717) is 6.54 Å². The van der Waals surface area contributed by atoms with Crippen LogP contribution >= 0.6 is 0 Å². The van der Waals surface area contributed by atoms with E-state index in [0.717, 1.165) is 45.9 Å². The summed E-state index contributed by atoms with van der Waals surface area (Å²) in [7, 11) is 1.67. The van der Waals surface area contributed by atoms with Crippen LogP contribution in [0.4, 0.5) is 0 Å². The van der Waals surface area contributed by atoms with Gasteiger partial charge in [0.2, 0.25) is 0 Å². The van der Waals surface area contributed by atoms with Gasteiger partial charge in [-0.05, 0) is 43.5 Å². The van der Waals surface area contributed by atoms with Crippen molar-refractivity contribution >= 4 is 0 Å². The van der Waals surface area contributed by atoms with Crippen LogP contribution in [0.25, 0.3) is 11.1 Å². The fraction of sp³-hybridized carbons (Fsp3) is 0.300. The summed E-state index contributed by atoms with van der Waals surface area (Å²) in [4.78, 5) is 12.3. The lowest BCUT2D eigenvalue weighted by atomic mass is 10.1. The van der Waals surface area contributed by atoms with Gasteiger partial charge in [0.15, 0.2) is 0 Å². The average molecular weight is 338 g/mol. The lowest BCUT2D eigenvalue weighted by molar-refractivity contribution is 0.393. The van der Waals surface area contributed by atoms with Crippen molar-refractivity contribution in [2.75, 3.05) is 7.11 Å². The number of hydrogen-bond donors (Lipinski definition) is 0. The number of methoxy groups -OCH3 is 1. The average Bonchev–Trinajstić information content (AvgIpc) is 2.95. The monoisotopic (exact) mass is 338 g/mol. The molecule has 3 rings (SSSR count). The molecule has 2 heterocycles. The second-order valence-electron chi connectivity index (χ2n) is 6.08. The summed E-state index contributed by atoms with van der Waals surface area (Å²) in [6.07, 6.45) is 2.75. The Morgan fingerprint density at radius 1 is 1.20 bits per heavy atom. The summed E-state index contributed by atoms with van der Waals surface area (Å²) >= 11 is 0. The Bertz CT molecular complexity index is 934. The molecule has 0 fully saturated rings. The summed E-state index contributed by atoms with van der Waals surface area (Å²) in [6, 6.07) is 9.44. The summed E-state index contributed by atoms with van der Waals surface area (Å²) in [5, 5.41) is 3.99. The van der Waals surface area contributed by atoms with Crippen LogP contribution in [0.1, 0.15) is 29.5 Å².